The van der Waals surface area contributed by atoms with Gasteiger partial charge in [-0.1, -0.05) is 6.07 Å². The van der Waals surface area contributed by atoms with Gasteiger partial charge in [-0.25, -0.2) is 9.78 Å². The first-order valence-corrected chi connectivity index (χ1v) is 11.6. The van der Waals surface area contributed by atoms with Crippen LogP contribution in [0.25, 0.3) is 32.9 Å². The number of nitrogen functional groups attached to an aromatic ring is 1. The zero-order valence-electron chi connectivity index (χ0n) is 20.4. The summed E-state index contributed by atoms with van der Waals surface area (Å²) < 4.78 is 7.42. The summed E-state index contributed by atoms with van der Waals surface area (Å²) >= 11 is 0. The monoisotopic (exact) mass is 484 g/mol. The second kappa shape index (κ2) is 9.21. The topological polar surface area (TPSA) is 136 Å². The number of carbonyl (C=O) groups is 1. The average molecular weight is 485 g/mol. The van der Waals surface area contributed by atoms with E-state index < -0.39 is 11.7 Å². The number of anilines is 3. The molecule has 0 atom stereocenters. The number of hydrogen-bond acceptors (Lipinski definition) is 7. The number of aromatic amines is 1. The fourth-order valence-electron chi connectivity index (χ4n) is 4.10. The molecule has 36 heavy (non-hydrogen) atoms. The van der Waals surface area contributed by atoms with Gasteiger partial charge in [0.05, 0.1) is 11.7 Å². The number of alkyl carbamates (subject to hydrolysis) is 1. The van der Waals surface area contributed by atoms with Crippen LogP contribution in [0.3, 0.4) is 0 Å². The molecule has 184 valence electrons. The fourth-order valence-corrected chi connectivity index (χ4v) is 4.10. The van der Waals surface area contributed by atoms with E-state index in [0.29, 0.717) is 18.9 Å². The second-order valence-electron chi connectivity index (χ2n) is 9.49. The van der Waals surface area contributed by atoms with Crippen LogP contribution >= 0.6 is 0 Å². The maximum absolute atomic E-state index is 11.9. The van der Waals surface area contributed by atoms with Crippen molar-refractivity contribution in [2.24, 2.45) is 0 Å². The Kier molecular flexibility index (Phi) is 5.93. The Morgan fingerprint density at radius 1 is 1.14 bits per heavy atom. The van der Waals surface area contributed by atoms with Crippen molar-refractivity contribution in [3.05, 3.63) is 61.1 Å². The fraction of sp³-hybridized carbons (Fsp3) is 0.231. The highest BCUT2D eigenvalue weighted by atomic mass is 16.6. The first-order chi connectivity index (χ1) is 17.2. The van der Waals surface area contributed by atoms with Crippen LogP contribution in [-0.2, 0) is 11.3 Å². The van der Waals surface area contributed by atoms with Crippen molar-refractivity contribution in [1.82, 2.24) is 30.0 Å². The minimum atomic E-state index is -0.518. The van der Waals surface area contributed by atoms with Crippen LogP contribution in [0.2, 0.25) is 0 Å². The van der Waals surface area contributed by atoms with Gasteiger partial charge in [-0.05, 0) is 62.7 Å². The molecule has 0 radical (unpaired) electrons. The number of nitrogens with one attached hydrogen (secondary N) is 3. The van der Waals surface area contributed by atoms with Crippen molar-refractivity contribution >= 4 is 45.4 Å². The van der Waals surface area contributed by atoms with E-state index in [1.165, 1.54) is 0 Å². The zero-order chi connectivity index (χ0) is 25.3. The molecule has 0 aliphatic heterocycles. The van der Waals surface area contributed by atoms with Gasteiger partial charge in [0.25, 0.3) is 0 Å². The normalized spacial score (nSPS) is 11.6. The number of carbonyl (C=O) groups excluding carboxylic acids is 1. The van der Waals surface area contributed by atoms with Gasteiger partial charge >= 0.3 is 6.09 Å². The molecule has 0 spiro atoms. The number of aromatic nitrogens is 5. The van der Waals surface area contributed by atoms with Gasteiger partial charge < -0.3 is 25.7 Å². The molecule has 0 bridgehead atoms. The van der Waals surface area contributed by atoms with Crippen LogP contribution in [0.5, 0.6) is 0 Å². The maximum Gasteiger partial charge on any atom is 0.407 e. The molecule has 5 rings (SSSR count). The van der Waals surface area contributed by atoms with Crippen molar-refractivity contribution in [2.45, 2.75) is 32.9 Å². The number of rotatable bonds is 6. The predicted molar refractivity (Wildman–Crippen MR) is 141 cm³/mol. The Labute approximate surface area is 207 Å². The molecule has 0 fully saturated rings. The molecule has 2 aromatic carbocycles. The summed E-state index contributed by atoms with van der Waals surface area (Å²) in [6.07, 6.45) is 5.02. The predicted octanol–water partition coefficient (Wildman–Crippen LogP) is 4.83. The molecule has 3 aromatic heterocycles. The van der Waals surface area contributed by atoms with E-state index in [-0.39, 0.29) is 5.95 Å². The molecule has 10 heteroatoms. The quantitative estimate of drug-likeness (QED) is 0.271. The van der Waals surface area contributed by atoms with Crippen LogP contribution in [0.4, 0.5) is 22.2 Å². The van der Waals surface area contributed by atoms with Crippen LogP contribution < -0.4 is 16.4 Å². The van der Waals surface area contributed by atoms with E-state index in [0.717, 1.165) is 38.6 Å². The van der Waals surface area contributed by atoms with Gasteiger partial charge in [-0.2, -0.15) is 10.1 Å². The van der Waals surface area contributed by atoms with E-state index in [9.17, 15) is 4.79 Å². The summed E-state index contributed by atoms with van der Waals surface area (Å²) in [5.41, 5.74) is 10.2. The molecule has 5 aromatic rings. The lowest BCUT2D eigenvalue weighted by Crippen LogP contribution is -2.34. The number of nitrogens with zero attached hydrogens (tertiary/aromatic N) is 4. The molecular weight excluding hydrogens is 456 g/mol. The number of nitrogens with two attached hydrogens (primary N) is 1. The van der Waals surface area contributed by atoms with E-state index in [4.69, 9.17) is 10.5 Å². The third kappa shape index (κ3) is 5.07. The number of hydrogen-bond donors (Lipinski definition) is 4. The van der Waals surface area contributed by atoms with Crippen LogP contribution in [0, 0.1) is 0 Å². The SMILES string of the molecule is CC(C)(C)OC(=O)NCCn1ccc2cc(-c3cc(Nc4ccnc(N)n4)cc4cn[nH]c34)ccc21. The molecule has 1 amide bonds. The molecule has 0 unspecified atom stereocenters. The number of amides is 1. The van der Waals surface area contributed by atoms with Gasteiger partial charge in [-0.3, -0.25) is 5.10 Å². The molecule has 3 heterocycles. The number of ether oxygens (including phenoxy) is 1. The van der Waals surface area contributed by atoms with Crippen molar-refractivity contribution in [1.29, 1.82) is 0 Å². The summed E-state index contributed by atoms with van der Waals surface area (Å²) in [6, 6.07) is 14.2. The van der Waals surface area contributed by atoms with Crippen LogP contribution in [-0.4, -0.2) is 43.0 Å². The standard InChI is InChI=1S/C26H28N8O2/c1-26(2,3)36-25(35)29-9-11-34-10-7-17-12-16(4-5-21(17)34)20-14-19(13-18-15-30-33-23(18)20)31-22-6-8-28-24(27)32-22/h4-8,10,12-15H,9,11H2,1-3H3,(H,29,35)(H,30,33)(H3,27,28,31,32). The Bertz CT molecular complexity index is 1550. The molecule has 10 nitrogen and oxygen atoms in total. The van der Waals surface area contributed by atoms with Crippen molar-refractivity contribution < 1.29 is 9.53 Å². The van der Waals surface area contributed by atoms with Crippen LogP contribution in [0.1, 0.15) is 20.8 Å². The van der Waals surface area contributed by atoms with E-state index >= 15 is 0 Å². The lowest BCUT2D eigenvalue weighted by molar-refractivity contribution is 0.0526. The number of fused-ring (bicyclic) bond motifs is 2. The van der Waals surface area contributed by atoms with Gasteiger partial charge in [-0.15, -0.1) is 0 Å². The molecule has 0 aliphatic rings. The molecule has 0 saturated heterocycles. The van der Waals surface area contributed by atoms with Crippen molar-refractivity contribution in [3.63, 3.8) is 0 Å². The summed E-state index contributed by atoms with van der Waals surface area (Å²) in [6.45, 7) is 6.64. The lowest BCUT2D eigenvalue weighted by atomic mass is 10.0. The van der Waals surface area contributed by atoms with Gasteiger partial charge in [0.2, 0.25) is 5.95 Å². The highest BCUT2D eigenvalue weighted by Crippen LogP contribution is 2.33. The zero-order valence-corrected chi connectivity index (χ0v) is 20.4. The third-order valence-corrected chi connectivity index (χ3v) is 5.60. The molecule has 0 saturated carbocycles. The molecule has 0 aliphatic carbocycles. The van der Waals surface area contributed by atoms with E-state index in [1.807, 2.05) is 33.0 Å². The Balaban J connectivity index is 1.39. The first-order valence-electron chi connectivity index (χ1n) is 11.6. The van der Waals surface area contributed by atoms with Gasteiger partial charge in [0.1, 0.15) is 11.4 Å². The average Bonchev–Trinajstić information content (AvgIpc) is 3.44. The minimum absolute atomic E-state index is 0.209. The van der Waals surface area contributed by atoms with E-state index in [2.05, 4.69) is 65.7 Å². The maximum atomic E-state index is 11.9. The largest absolute Gasteiger partial charge is 0.444 e. The van der Waals surface area contributed by atoms with Gasteiger partial charge in [0, 0.05) is 53.0 Å². The highest BCUT2D eigenvalue weighted by molar-refractivity contribution is 5.98. The first kappa shape index (κ1) is 23.2. The van der Waals surface area contributed by atoms with Crippen LogP contribution in [0.15, 0.2) is 61.1 Å². The lowest BCUT2D eigenvalue weighted by Gasteiger charge is -2.19. The van der Waals surface area contributed by atoms with E-state index in [1.54, 1.807) is 18.5 Å². The Morgan fingerprint density at radius 2 is 2.00 bits per heavy atom. The highest BCUT2D eigenvalue weighted by Gasteiger charge is 2.16. The Morgan fingerprint density at radius 3 is 2.81 bits per heavy atom. The number of benzene rings is 2. The Hall–Kier alpha value is -4.60. The third-order valence-electron chi connectivity index (χ3n) is 5.60. The smallest absolute Gasteiger partial charge is 0.407 e. The summed E-state index contributed by atoms with van der Waals surface area (Å²) in [5, 5.41) is 15.5. The second-order valence-corrected chi connectivity index (χ2v) is 9.49. The molecular formula is C26H28N8O2. The van der Waals surface area contributed by atoms with Crippen molar-refractivity contribution in [2.75, 3.05) is 17.6 Å². The number of H-pyrrole nitrogens is 1. The molecule has 5 N–H and O–H groups in total. The van der Waals surface area contributed by atoms with Crippen molar-refractivity contribution in [3.8, 4) is 11.1 Å². The summed E-state index contributed by atoms with van der Waals surface area (Å²) in [7, 11) is 0. The minimum Gasteiger partial charge on any atom is -0.444 e. The van der Waals surface area contributed by atoms with Gasteiger partial charge in [0.15, 0.2) is 0 Å². The summed E-state index contributed by atoms with van der Waals surface area (Å²) in [4.78, 5) is 20.1. The summed E-state index contributed by atoms with van der Waals surface area (Å²) in [5.74, 6) is 0.824.